The third-order valence-corrected chi connectivity index (χ3v) is 3.15. The van der Waals surface area contributed by atoms with Crippen molar-refractivity contribution in [2.24, 2.45) is 0 Å². The first-order valence-corrected chi connectivity index (χ1v) is 6.24. The standard InChI is InChI=1S/C12H9BrN4O3/c13-8-4-3-7(17(19)20)6-10(8)16-12(18)11-9(14)2-1-5-15-11/h1-6H,14H2,(H,16,18). The van der Waals surface area contributed by atoms with Gasteiger partial charge in [-0.2, -0.15) is 0 Å². The maximum atomic E-state index is 12.0. The third-order valence-electron chi connectivity index (χ3n) is 2.46. The number of hydrogen-bond donors (Lipinski definition) is 2. The van der Waals surface area contributed by atoms with E-state index in [1.54, 1.807) is 12.1 Å². The summed E-state index contributed by atoms with van der Waals surface area (Å²) in [5, 5.41) is 13.2. The number of nitrogen functional groups attached to an aromatic ring is 1. The Morgan fingerprint density at radius 2 is 2.15 bits per heavy atom. The van der Waals surface area contributed by atoms with Gasteiger partial charge in [-0.15, -0.1) is 0 Å². The van der Waals surface area contributed by atoms with E-state index in [2.05, 4.69) is 26.2 Å². The van der Waals surface area contributed by atoms with Crippen LogP contribution in [-0.4, -0.2) is 15.8 Å². The number of nitrogens with one attached hydrogen (secondary N) is 1. The van der Waals surface area contributed by atoms with Gasteiger partial charge in [-0.05, 0) is 34.1 Å². The lowest BCUT2D eigenvalue weighted by molar-refractivity contribution is -0.384. The Morgan fingerprint density at radius 3 is 2.80 bits per heavy atom. The zero-order valence-electron chi connectivity index (χ0n) is 10.0. The molecule has 2 rings (SSSR count). The molecule has 2 aromatic rings. The summed E-state index contributed by atoms with van der Waals surface area (Å²) in [5.41, 5.74) is 6.08. The molecular weight excluding hydrogens is 328 g/mol. The van der Waals surface area contributed by atoms with Gasteiger partial charge in [-0.3, -0.25) is 14.9 Å². The number of carbonyl (C=O) groups is 1. The van der Waals surface area contributed by atoms with Crippen LogP contribution in [-0.2, 0) is 0 Å². The maximum absolute atomic E-state index is 12.0. The number of nitro groups is 1. The first-order chi connectivity index (χ1) is 9.49. The zero-order chi connectivity index (χ0) is 14.7. The van der Waals surface area contributed by atoms with Crippen LogP contribution in [0.15, 0.2) is 41.0 Å². The Hall–Kier alpha value is -2.48. The van der Waals surface area contributed by atoms with Crippen molar-refractivity contribution in [2.75, 3.05) is 11.1 Å². The van der Waals surface area contributed by atoms with E-state index in [0.717, 1.165) is 0 Å². The van der Waals surface area contributed by atoms with Crippen molar-refractivity contribution in [1.82, 2.24) is 4.98 Å². The number of aromatic nitrogens is 1. The Balaban J connectivity index is 2.30. The number of anilines is 2. The molecule has 0 unspecified atom stereocenters. The highest BCUT2D eigenvalue weighted by Crippen LogP contribution is 2.27. The van der Waals surface area contributed by atoms with E-state index < -0.39 is 10.8 Å². The summed E-state index contributed by atoms with van der Waals surface area (Å²) in [4.78, 5) is 26.1. The number of nitrogens with zero attached hydrogens (tertiary/aromatic N) is 2. The average Bonchev–Trinajstić information content (AvgIpc) is 2.41. The van der Waals surface area contributed by atoms with E-state index in [-0.39, 0.29) is 22.8 Å². The van der Waals surface area contributed by atoms with Gasteiger partial charge in [-0.25, -0.2) is 4.98 Å². The highest BCUT2D eigenvalue weighted by molar-refractivity contribution is 9.10. The van der Waals surface area contributed by atoms with E-state index in [1.165, 1.54) is 24.4 Å². The maximum Gasteiger partial charge on any atom is 0.276 e. The van der Waals surface area contributed by atoms with Gasteiger partial charge in [0, 0.05) is 22.8 Å². The van der Waals surface area contributed by atoms with E-state index in [1.807, 2.05) is 0 Å². The highest BCUT2D eigenvalue weighted by Gasteiger charge is 2.15. The quantitative estimate of drug-likeness (QED) is 0.660. The summed E-state index contributed by atoms with van der Waals surface area (Å²) in [5.74, 6) is -0.538. The number of non-ortho nitro benzene ring substituents is 1. The normalized spacial score (nSPS) is 10.1. The van der Waals surface area contributed by atoms with Gasteiger partial charge in [0.25, 0.3) is 11.6 Å². The molecule has 0 saturated carbocycles. The third kappa shape index (κ3) is 2.91. The minimum Gasteiger partial charge on any atom is -0.397 e. The van der Waals surface area contributed by atoms with Gasteiger partial charge in [0.15, 0.2) is 5.69 Å². The molecule has 8 heteroatoms. The number of halogens is 1. The molecule has 0 radical (unpaired) electrons. The summed E-state index contributed by atoms with van der Waals surface area (Å²) >= 11 is 3.21. The molecule has 1 aromatic heterocycles. The van der Waals surface area contributed by atoms with Crippen LogP contribution in [0, 0.1) is 10.1 Å². The molecule has 0 bridgehead atoms. The van der Waals surface area contributed by atoms with Gasteiger partial charge >= 0.3 is 0 Å². The van der Waals surface area contributed by atoms with E-state index in [9.17, 15) is 14.9 Å². The largest absolute Gasteiger partial charge is 0.397 e. The van der Waals surface area contributed by atoms with Crippen molar-refractivity contribution < 1.29 is 9.72 Å². The van der Waals surface area contributed by atoms with Crippen LogP contribution in [0.3, 0.4) is 0 Å². The minimum atomic E-state index is -0.544. The van der Waals surface area contributed by atoms with E-state index in [0.29, 0.717) is 4.47 Å². The van der Waals surface area contributed by atoms with Crippen molar-refractivity contribution in [3.8, 4) is 0 Å². The molecule has 0 aliphatic heterocycles. The van der Waals surface area contributed by atoms with Crippen LogP contribution in [0.4, 0.5) is 17.1 Å². The molecule has 7 nitrogen and oxygen atoms in total. The molecule has 0 aliphatic carbocycles. The van der Waals surface area contributed by atoms with Gasteiger partial charge < -0.3 is 11.1 Å². The molecule has 20 heavy (non-hydrogen) atoms. The molecule has 0 fully saturated rings. The number of hydrogen-bond acceptors (Lipinski definition) is 5. The van der Waals surface area contributed by atoms with Gasteiger partial charge in [0.1, 0.15) is 0 Å². The summed E-state index contributed by atoms with van der Waals surface area (Å²) in [6, 6.07) is 7.21. The number of amides is 1. The van der Waals surface area contributed by atoms with Gasteiger partial charge in [0.2, 0.25) is 0 Å². The number of pyridine rings is 1. The summed E-state index contributed by atoms with van der Waals surface area (Å²) < 4.78 is 0.519. The molecular formula is C12H9BrN4O3. The first kappa shape index (κ1) is 13.9. The molecule has 0 saturated heterocycles. The average molecular weight is 337 g/mol. The second kappa shape index (κ2) is 5.66. The fraction of sp³-hybridized carbons (Fsp3) is 0. The lowest BCUT2D eigenvalue weighted by atomic mass is 10.2. The molecule has 1 heterocycles. The van der Waals surface area contributed by atoms with E-state index >= 15 is 0 Å². The fourth-order valence-electron chi connectivity index (χ4n) is 1.51. The van der Waals surface area contributed by atoms with Crippen LogP contribution >= 0.6 is 15.9 Å². The van der Waals surface area contributed by atoms with Crippen molar-refractivity contribution in [3.63, 3.8) is 0 Å². The van der Waals surface area contributed by atoms with Gasteiger partial charge in [-0.1, -0.05) is 0 Å². The molecule has 102 valence electrons. The smallest absolute Gasteiger partial charge is 0.276 e. The molecule has 0 spiro atoms. The molecule has 0 aliphatic rings. The fourth-order valence-corrected chi connectivity index (χ4v) is 1.86. The van der Waals surface area contributed by atoms with E-state index in [4.69, 9.17) is 5.73 Å². The number of carbonyl (C=O) groups excluding carboxylic acids is 1. The van der Waals surface area contributed by atoms with Crippen molar-refractivity contribution in [2.45, 2.75) is 0 Å². The predicted octanol–water partition coefficient (Wildman–Crippen LogP) is 2.59. The number of nitro benzene ring substituents is 1. The van der Waals surface area contributed by atoms with Crippen LogP contribution in [0.1, 0.15) is 10.5 Å². The summed E-state index contributed by atoms with van der Waals surface area (Å²) in [7, 11) is 0. The topological polar surface area (TPSA) is 111 Å². The Labute approximate surface area is 122 Å². The summed E-state index contributed by atoms with van der Waals surface area (Å²) in [6.07, 6.45) is 1.44. The monoisotopic (exact) mass is 336 g/mol. The second-order valence-electron chi connectivity index (χ2n) is 3.82. The van der Waals surface area contributed by atoms with Crippen molar-refractivity contribution >= 4 is 38.9 Å². The second-order valence-corrected chi connectivity index (χ2v) is 4.67. The Morgan fingerprint density at radius 1 is 1.40 bits per heavy atom. The minimum absolute atomic E-state index is 0.0610. The van der Waals surface area contributed by atoms with Crippen molar-refractivity contribution in [3.05, 3.63) is 56.8 Å². The number of benzene rings is 1. The Kier molecular flexibility index (Phi) is 3.94. The molecule has 0 atom stereocenters. The van der Waals surface area contributed by atoms with Gasteiger partial charge in [0.05, 0.1) is 16.3 Å². The molecule has 1 aromatic carbocycles. The lowest BCUT2D eigenvalue weighted by Gasteiger charge is -2.08. The molecule has 1 amide bonds. The number of rotatable bonds is 3. The lowest BCUT2D eigenvalue weighted by Crippen LogP contribution is -2.16. The van der Waals surface area contributed by atoms with Crippen LogP contribution in [0.5, 0.6) is 0 Å². The molecule has 3 N–H and O–H groups in total. The van der Waals surface area contributed by atoms with Crippen LogP contribution in [0.25, 0.3) is 0 Å². The predicted molar refractivity (Wildman–Crippen MR) is 77.4 cm³/mol. The van der Waals surface area contributed by atoms with Crippen LogP contribution < -0.4 is 11.1 Å². The van der Waals surface area contributed by atoms with Crippen LogP contribution in [0.2, 0.25) is 0 Å². The Bertz CT molecular complexity index is 690. The van der Waals surface area contributed by atoms with Crippen molar-refractivity contribution in [1.29, 1.82) is 0 Å². The number of nitrogens with two attached hydrogens (primary N) is 1. The SMILES string of the molecule is Nc1cccnc1C(=O)Nc1cc([N+](=O)[O-])ccc1Br. The zero-order valence-corrected chi connectivity index (χ0v) is 11.6. The first-order valence-electron chi connectivity index (χ1n) is 5.45. The summed E-state index contributed by atoms with van der Waals surface area (Å²) in [6.45, 7) is 0. The highest BCUT2D eigenvalue weighted by atomic mass is 79.9.